The Balaban J connectivity index is 1.75. The van der Waals surface area contributed by atoms with Gasteiger partial charge in [-0.15, -0.1) is 0 Å². The lowest BCUT2D eigenvalue weighted by Gasteiger charge is -2.22. The average Bonchev–Trinajstić information content (AvgIpc) is 3.28. The molecule has 0 radical (unpaired) electrons. The summed E-state index contributed by atoms with van der Waals surface area (Å²) in [5.41, 5.74) is 0.993. The zero-order valence-electron chi connectivity index (χ0n) is 14.1. The maximum Gasteiger partial charge on any atom is 0.325 e. The standard InChI is InChI=1S/C16H20N6O3/c1-20-6-7-21-12(16(20)25)8-11(18-21)15-17-14(10-4-2-3-5-10)19-22(15)9-13(23)24/h8,10H,2-7,9H2,1H3,(H,23,24). The van der Waals surface area contributed by atoms with E-state index < -0.39 is 5.97 Å². The minimum atomic E-state index is -0.982. The molecule has 0 aromatic carbocycles. The summed E-state index contributed by atoms with van der Waals surface area (Å²) in [6.07, 6.45) is 4.35. The number of amides is 1. The topological polar surface area (TPSA) is 106 Å². The summed E-state index contributed by atoms with van der Waals surface area (Å²) in [6, 6.07) is 1.68. The highest BCUT2D eigenvalue weighted by molar-refractivity contribution is 5.94. The van der Waals surface area contributed by atoms with Crippen molar-refractivity contribution in [3.63, 3.8) is 0 Å². The number of nitrogens with zero attached hydrogens (tertiary/aromatic N) is 6. The number of rotatable bonds is 4. The predicted octanol–water partition coefficient (Wildman–Crippen LogP) is 0.969. The lowest BCUT2D eigenvalue weighted by Crippen LogP contribution is -2.37. The highest BCUT2D eigenvalue weighted by atomic mass is 16.4. The normalized spacial score (nSPS) is 18.0. The van der Waals surface area contributed by atoms with Crippen LogP contribution in [0.5, 0.6) is 0 Å². The number of hydrogen-bond donors (Lipinski definition) is 1. The van der Waals surface area contributed by atoms with Gasteiger partial charge in [0, 0.05) is 25.6 Å². The summed E-state index contributed by atoms with van der Waals surface area (Å²) >= 11 is 0. The molecule has 3 heterocycles. The largest absolute Gasteiger partial charge is 0.480 e. The maximum absolute atomic E-state index is 12.3. The number of carbonyl (C=O) groups excluding carboxylic acids is 1. The van der Waals surface area contributed by atoms with Gasteiger partial charge < -0.3 is 10.0 Å². The molecule has 2 aliphatic rings. The number of carbonyl (C=O) groups is 2. The maximum atomic E-state index is 12.3. The van der Waals surface area contributed by atoms with Crippen LogP contribution in [0.3, 0.4) is 0 Å². The van der Waals surface area contributed by atoms with Crippen LogP contribution in [0.15, 0.2) is 6.07 Å². The second kappa shape index (κ2) is 5.98. The smallest absolute Gasteiger partial charge is 0.325 e. The molecule has 1 fully saturated rings. The van der Waals surface area contributed by atoms with Crippen molar-refractivity contribution in [1.29, 1.82) is 0 Å². The summed E-state index contributed by atoms with van der Waals surface area (Å²) in [6.45, 7) is 0.938. The van der Waals surface area contributed by atoms with Crippen molar-refractivity contribution in [1.82, 2.24) is 29.4 Å². The number of fused-ring (bicyclic) bond motifs is 1. The summed E-state index contributed by atoms with van der Waals surface area (Å²) in [5.74, 6) is 0.304. The van der Waals surface area contributed by atoms with Crippen molar-refractivity contribution in [3.05, 3.63) is 17.6 Å². The van der Waals surface area contributed by atoms with Crippen molar-refractivity contribution < 1.29 is 14.7 Å². The highest BCUT2D eigenvalue weighted by Gasteiger charge is 2.28. The number of likely N-dealkylation sites (N-methyl/N-ethyl adjacent to an activating group) is 1. The molecule has 0 spiro atoms. The van der Waals surface area contributed by atoms with Crippen molar-refractivity contribution in [2.75, 3.05) is 13.6 Å². The number of carboxylic acids is 1. The number of aromatic nitrogens is 5. The van der Waals surface area contributed by atoms with E-state index in [0.717, 1.165) is 25.7 Å². The van der Waals surface area contributed by atoms with Crippen LogP contribution in [-0.2, 0) is 17.9 Å². The quantitative estimate of drug-likeness (QED) is 0.886. The van der Waals surface area contributed by atoms with E-state index in [1.54, 1.807) is 22.7 Å². The molecule has 1 saturated carbocycles. The van der Waals surface area contributed by atoms with Gasteiger partial charge in [0.2, 0.25) is 0 Å². The van der Waals surface area contributed by atoms with Crippen LogP contribution in [0.4, 0.5) is 0 Å². The zero-order chi connectivity index (χ0) is 17.6. The van der Waals surface area contributed by atoms with Crippen LogP contribution in [0.25, 0.3) is 11.5 Å². The Labute approximate surface area is 144 Å². The number of hydrogen-bond acceptors (Lipinski definition) is 5. The third-order valence-corrected chi connectivity index (χ3v) is 4.92. The van der Waals surface area contributed by atoms with E-state index in [2.05, 4.69) is 15.2 Å². The van der Waals surface area contributed by atoms with Gasteiger partial charge in [0.1, 0.15) is 17.9 Å². The van der Waals surface area contributed by atoms with Gasteiger partial charge in [0.25, 0.3) is 5.91 Å². The van der Waals surface area contributed by atoms with Gasteiger partial charge in [0.05, 0.1) is 6.54 Å². The van der Waals surface area contributed by atoms with Crippen molar-refractivity contribution in [3.8, 4) is 11.5 Å². The van der Waals surface area contributed by atoms with Gasteiger partial charge in [-0.1, -0.05) is 12.8 Å². The Morgan fingerprint density at radius 3 is 2.76 bits per heavy atom. The zero-order valence-corrected chi connectivity index (χ0v) is 14.1. The molecule has 1 N–H and O–H groups in total. The summed E-state index contributed by atoms with van der Waals surface area (Å²) < 4.78 is 3.05. The van der Waals surface area contributed by atoms with Crippen LogP contribution >= 0.6 is 0 Å². The Morgan fingerprint density at radius 2 is 2.04 bits per heavy atom. The molecule has 9 heteroatoms. The number of carboxylic acid groups (broad SMARTS) is 1. The lowest BCUT2D eigenvalue weighted by molar-refractivity contribution is -0.137. The third kappa shape index (κ3) is 2.79. The third-order valence-electron chi connectivity index (χ3n) is 4.92. The minimum Gasteiger partial charge on any atom is -0.480 e. The first-order valence-corrected chi connectivity index (χ1v) is 8.53. The molecule has 1 aliphatic carbocycles. The predicted molar refractivity (Wildman–Crippen MR) is 87.0 cm³/mol. The second-order valence-electron chi connectivity index (χ2n) is 6.69. The Kier molecular flexibility index (Phi) is 3.78. The van der Waals surface area contributed by atoms with Crippen LogP contribution in [0.1, 0.15) is 47.9 Å². The van der Waals surface area contributed by atoms with Crippen LogP contribution in [-0.4, -0.2) is 60.0 Å². The first-order chi connectivity index (χ1) is 12.0. The first kappa shape index (κ1) is 15.8. The van der Waals surface area contributed by atoms with Gasteiger partial charge in [0.15, 0.2) is 11.6 Å². The summed E-state index contributed by atoms with van der Waals surface area (Å²) in [4.78, 5) is 29.7. The molecule has 2 aromatic rings. The second-order valence-corrected chi connectivity index (χ2v) is 6.69. The first-order valence-electron chi connectivity index (χ1n) is 8.53. The van der Waals surface area contributed by atoms with Crippen LogP contribution < -0.4 is 0 Å². The Morgan fingerprint density at radius 1 is 1.28 bits per heavy atom. The monoisotopic (exact) mass is 344 g/mol. The molecule has 0 bridgehead atoms. The molecular weight excluding hydrogens is 324 g/mol. The molecule has 0 saturated heterocycles. The van der Waals surface area contributed by atoms with Crippen molar-refractivity contribution in [2.24, 2.45) is 0 Å². The van der Waals surface area contributed by atoms with Gasteiger partial charge in [-0.25, -0.2) is 9.67 Å². The fourth-order valence-corrected chi connectivity index (χ4v) is 3.55. The molecule has 4 rings (SSSR count). The Hall–Kier alpha value is -2.71. The summed E-state index contributed by atoms with van der Waals surface area (Å²) in [5, 5.41) is 18.1. The SMILES string of the molecule is CN1CCn2nc(-c3nc(C4CCCC4)nn3CC(=O)O)cc2C1=O. The molecule has 9 nitrogen and oxygen atoms in total. The average molecular weight is 344 g/mol. The van der Waals surface area contributed by atoms with E-state index in [4.69, 9.17) is 0 Å². The van der Waals surface area contributed by atoms with Crippen LogP contribution in [0.2, 0.25) is 0 Å². The fourth-order valence-electron chi connectivity index (χ4n) is 3.55. The van der Waals surface area contributed by atoms with Gasteiger partial charge >= 0.3 is 5.97 Å². The van der Waals surface area contributed by atoms with Gasteiger partial charge in [-0.05, 0) is 12.8 Å². The molecule has 1 amide bonds. The van der Waals surface area contributed by atoms with Crippen molar-refractivity contribution in [2.45, 2.75) is 44.7 Å². The molecular formula is C16H20N6O3. The molecule has 1 aliphatic heterocycles. The Bertz CT molecular complexity index is 833. The molecule has 25 heavy (non-hydrogen) atoms. The summed E-state index contributed by atoms with van der Waals surface area (Å²) in [7, 11) is 1.75. The van der Waals surface area contributed by atoms with E-state index in [9.17, 15) is 14.7 Å². The number of aliphatic carboxylic acids is 1. The molecule has 132 valence electrons. The van der Waals surface area contributed by atoms with E-state index in [1.807, 2.05) is 0 Å². The fraction of sp³-hybridized carbons (Fsp3) is 0.562. The lowest BCUT2D eigenvalue weighted by atomic mass is 10.1. The van der Waals surface area contributed by atoms with Crippen LogP contribution in [0, 0.1) is 0 Å². The van der Waals surface area contributed by atoms with Gasteiger partial charge in [-0.3, -0.25) is 14.3 Å². The van der Waals surface area contributed by atoms with Crippen molar-refractivity contribution >= 4 is 11.9 Å². The molecule has 0 atom stereocenters. The molecule has 0 unspecified atom stereocenters. The van der Waals surface area contributed by atoms with E-state index in [0.29, 0.717) is 36.1 Å². The molecule has 2 aromatic heterocycles. The highest BCUT2D eigenvalue weighted by Crippen LogP contribution is 2.33. The minimum absolute atomic E-state index is 0.0923. The van der Waals surface area contributed by atoms with E-state index in [-0.39, 0.29) is 18.4 Å². The van der Waals surface area contributed by atoms with E-state index in [1.165, 1.54) is 4.68 Å². The van der Waals surface area contributed by atoms with E-state index >= 15 is 0 Å². The van der Waals surface area contributed by atoms with Gasteiger partial charge in [-0.2, -0.15) is 10.2 Å².